The van der Waals surface area contributed by atoms with Crippen molar-refractivity contribution in [3.8, 4) is 0 Å². The molecule has 0 aliphatic carbocycles. The molecular weight excluding hydrogens is 630 g/mol. The summed E-state index contributed by atoms with van der Waals surface area (Å²) in [5, 5.41) is 22.6. The fourth-order valence-electron chi connectivity index (χ4n) is 5.77. The molecule has 0 saturated heterocycles. The van der Waals surface area contributed by atoms with E-state index in [1.165, 1.54) is 17.0 Å². The quantitative estimate of drug-likeness (QED) is 0.130. The minimum absolute atomic E-state index is 0.0198. The second-order valence-electron chi connectivity index (χ2n) is 12.9. The smallest absolute Gasteiger partial charge is 0.416 e. The Balaban J connectivity index is 1.72. The number of aliphatic hydroxyl groups is 2. The number of halogens is 3. The lowest BCUT2D eigenvalue weighted by atomic mass is 9.63. The van der Waals surface area contributed by atoms with Crippen LogP contribution in [-0.2, 0) is 43.7 Å². The summed E-state index contributed by atoms with van der Waals surface area (Å²) < 4.78 is 45.2. The van der Waals surface area contributed by atoms with Crippen LogP contribution in [0.1, 0.15) is 55.4 Å². The molecule has 3 rings (SSSR count). The van der Waals surface area contributed by atoms with E-state index in [-0.39, 0.29) is 71.0 Å². The molecule has 0 aromatic heterocycles. The Kier molecular flexibility index (Phi) is 13.7. The number of aliphatic hydroxyl groups excluding tert-OH is 2. The average Bonchev–Trinajstić information content (AvgIpc) is 3.27. The lowest BCUT2D eigenvalue weighted by molar-refractivity contribution is -0.137. The van der Waals surface area contributed by atoms with Crippen molar-refractivity contribution in [1.29, 1.82) is 0 Å². The zero-order valence-electron chi connectivity index (χ0n) is 27.6. The molecule has 4 atom stereocenters. The number of benzene rings is 2. The van der Waals surface area contributed by atoms with E-state index in [0.717, 1.165) is 28.7 Å². The molecule has 2 aromatic rings. The number of nitrogens with zero attached hydrogens (tertiary/aromatic N) is 1. The maximum atomic E-state index is 13.6. The van der Waals surface area contributed by atoms with Gasteiger partial charge in [-0.3, -0.25) is 14.4 Å². The molecule has 11 nitrogen and oxygen atoms in total. The van der Waals surface area contributed by atoms with E-state index >= 15 is 0 Å². The highest BCUT2D eigenvalue weighted by Crippen LogP contribution is 2.31. The molecular formula is C33H47BF3N5O6. The second-order valence-corrected chi connectivity index (χ2v) is 12.9. The van der Waals surface area contributed by atoms with Gasteiger partial charge in [-0.05, 0) is 67.4 Å². The van der Waals surface area contributed by atoms with Crippen LogP contribution in [0.4, 0.5) is 13.2 Å². The van der Waals surface area contributed by atoms with Crippen molar-refractivity contribution >= 4 is 30.0 Å². The van der Waals surface area contributed by atoms with Crippen LogP contribution in [0, 0.1) is 0 Å². The van der Waals surface area contributed by atoms with Gasteiger partial charge in [-0.25, -0.2) is 0 Å². The van der Waals surface area contributed by atoms with Crippen molar-refractivity contribution < 1.29 is 42.4 Å². The average molecular weight is 678 g/mol. The first kappa shape index (κ1) is 39.1. The molecule has 0 bridgehead atoms. The second kappa shape index (κ2) is 16.9. The van der Waals surface area contributed by atoms with Gasteiger partial charge < -0.3 is 42.3 Å². The van der Waals surface area contributed by atoms with Crippen LogP contribution >= 0.6 is 0 Å². The first-order chi connectivity index (χ1) is 22.4. The van der Waals surface area contributed by atoms with Crippen LogP contribution in [0.2, 0.25) is 6.82 Å². The molecule has 0 spiro atoms. The lowest BCUT2D eigenvalue weighted by Gasteiger charge is -2.27. The topological polar surface area (TPSA) is 194 Å². The number of ketones is 1. The molecule has 0 unspecified atom stereocenters. The van der Waals surface area contributed by atoms with Crippen molar-refractivity contribution in [2.24, 2.45) is 17.2 Å². The van der Waals surface area contributed by atoms with Gasteiger partial charge in [0.25, 0.3) is 0 Å². The predicted molar refractivity (Wildman–Crippen MR) is 176 cm³/mol. The summed E-state index contributed by atoms with van der Waals surface area (Å²) in [6, 6.07) is 8.07. The molecule has 48 heavy (non-hydrogen) atoms. The molecule has 0 saturated carbocycles. The van der Waals surface area contributed by atoms with Gasteiger partial charge in [0, 0.05) is 39.0 Å². The van der Waals surface area contributed by atoms with Crippen LogP contribution in [-0.4, -0.2) is 90.1 Å². The van der Waals surface area contributed by atoms with Gasteiger partial charge >= 0.3 is 13.1 Å². The Morgan fingerprint density at radius 3 is 2.12 bits per heavy atom. The van der Waals surface area contributed by atoms with Gasteiger partial charge in [-0.2, -0.15) is 13.2 Å². The number of Topliss-reactive ketones (excluding diaryl/α,β-unsaturated/α-hetero) is 1. The third kappa shape index (κ3) is 10.8. The highest BCUT2D eigenvalue weighted by Gasteiger charge is 2.38. The number of amides is 2. The fraction of sp³-hybridized carbons (Fsp3) is 0.545. The van der Waals surface area contributed by atoms with Crippen LogP contribution in [0.25, 0.3) is 0 Å². The summed E-state index contributed by atoms with van der Waals surface area (Å²) >= 11 is 0. The van der Waals surface area contributed by atoms with E-state index in [2.05, 4.69) is 5.32 Å². The van der Waals surface area contributed by atoms with Crippen LogP contribution in [0.3, 0.4) is 0 Å². The number of hydrogen-bond donors (Lipinski definition) is 6. The summed E-state index contributed by atoms with van der Waals surface area (Å²) in [6.45, 7) is 5.19. The van der Waals surface area contributed by atoms with E-state index in [0.29, 0.717) is 5.56 Å². The number of nitrogens with two attached hydrogens (primary N) is 3. The Hall–Kier alpha value is -3.34. The number of carbonyl (C=O) groups excluding carboxylic acids is 3. The first-order valence-electron chi connectivity index (χ1n) is 16.0. The fourth-order valence-corrected chi connectivity index (χ4v) is 5.77. The molecule has 9 N–H and O–H groups in total. The number of aryl methyl sites for hydroxylation is 1. The number of rotatable bonds is 17. The summed E-state index contributed by atoms with van der Waals surface area (Å²) in [7, 11) is 0. The zero-order valence-corrected chi connectivity index (χ0v) is 27.6. The third-order valence-corrected chi connectivity index (χ3v) is 8.53. The summed E-state index contributed by atoms with van der Waals surface area (Å²) in [5.41, 5.74) is 19.1. The van der Waals surface area contributed by atoms with Crippen molar-refractivity contribution in [2.75, 3.05) is 26.2 Å². The molecule has 0 fully saturated rings. The summed E-state index contributed by atoms with van der Waals surface area (Å²) in [5.74, 6) is -1.48. The largest absolute Gasteiger partial charge is 0.422 e. The summed E-state index contributed by atoms with van der Waals surface area (Å²) in [4.78, 5) is 41.0. The Labute approximate surface area is 279 Å². The highest BCUT2D eigenvalue weighted by molar-refractivity contribution is 6.67. The normalized spacial score (nSPS) is 16.5. The Morgan fingerprint density at radius 2 is 1.56 bits per heavy atom. The molecule has 1 aliphatic heterocycles. The monoisotopic (exact) mass is 677 g/mol. The molecule has 0 radical (unpaired) electrons. The highest BCUT2D eigenvalue weighted by atomic mass is 19.4. The van der Waals surface area contributed by atoms with Crippen molar-refractivity contribution in [3.05, 3.63) is 64.7 Å². The van der Waals surface area contributed by atoms with E-state index in [1.54, 1.807) is 0 Å². The van der Waals surface area contributed by atoms with E-state index in [9.17, 15) is 37.8 Å². The van der Waals surface area contributed by atoms with Crippen LogP contribution in [0.15, 0.2) is 42.5 Å². The number of alkyl halides is 3. The SMILES string of the molecule is CB1OC(C)(C)c2ccc(CC(=O)[C@@H](CCc3ccc(C(F)(F)F)cc3)NC(=O)[C@@H](N)CCC(=O)N(C[C@@H](O)CN)C[C@@H](O)CN)cc21. The molecule has 2 aromatic carbocycles. The molecule has 1 heterocycles. The van der Waals surface area contributed by atoms with Gasteiger partial charge in [0.1, 0.15) is 0 Å². The van der Waals surface area contributed by atoms with Crippen molar-refractivity contribution in [2.45, 2.75) is 88.8 Å². The van der Waals surface area contributed by atoms with E-state index in [4.69, 9.17) is 21.9 Å². The van der Waals surface area contributed by atoms with Gasteiger partial charge in [-0.1, -0.05) is 37.2 Å². The van der Waals surface area contributed by atoms with Gasteiger partial charge in [0.2, 0.25) is 11.8 Å². The van der Waals surface area contributed by atoms with Gasteiger partial charge in [-0.15, -0.1) is 0 Å². The minimum atomic E-state index is -4.48. The molecule has 15 heteroatoms. The number of carbonyl (C=O) groups is 3. The zero-order chi connectivity index (χ0) is 35.8. The van der Waals surface area contributed by atoms with E-state index < -0.39 is 53.4 Å². The Bertz CT molecular complexity index is 1400. The third-order valence-electron chi connectivity index (χ3n) is 8.53. The number of hydrogen-bond acceptors (Lipinski definition) is 9. The standard InChI is InChI=1S/C33H47BF3N5O6/c1-32(2)25-10-6-21(14-26(25)34(3)48-32)15-29(45)28(12-7-20-4-8-22(9-5-20)33(35,36)37)41-31(47)27(40)11-13-30(46)42(18-23(43)16-38)19-24(44)17-39/h4-6,8-10,14,23-24,27-28,43-44H,7,11-13,15-19,38-40H2,1-3H3,(H,41,47)/t23-,24-,27-,28+/m0/s1. The van der Waals surface area contributed by atoms with Crippen molar-refractivity contribution in [1.82, 2.24) is 10.2 Å². The molecule has 2 amide bonds. The van der Waals surface area contributed by atoms with Gasteiger partial charge in [0.15, 0.2) is 5.78 Å². The van der Waals surface area contributed by atoms with Gasteiger partial charge in [0.05, 0.1) is 35.5 Å². The predicted octanol–water partition coefficient (Wildman–Crippen LogP) is 0.604. The summed E-state index contributed by atoms with van der Waals surface area (Å²) in [6.07, 6.45) is -6.56. The molecule has 264 valence electrons. The maximum Gasteiger partial charge on any atom is 0.416 e. The molecule has 1 aliphatic rings. The van der Waals surface area contributed by atoms with Crippen LogP contribution in [0.5, 0.6) is 0 Å². The first-order valence-corrected chi connectivity index (χ1v) is 16.0. The number of nitrogens with one attached hydrogen (secondary N) is 1. The lowest BCUT2D eigenvalue weighted by Crippen LogP contribution is -2.50. The van der Waals surface area contributed by atoms with Crippen molar-refractivity contribution in [3.63, 3.8) is 0 Å². The number of fused-ring (bicyclic) bond motifs is 1. The van der Waals surface area contributed by atoms with E-state index in [1.807, 2.05) is 38.9 Å². The minimum Gasteiger partial charge on any atom is -0.422 e. The maximum absolute atomic E-state index is 13.6. The van der Waals surface area contributed by atoms with Crippen LogP contribution < -0.4 is 28.0 Å². The Morgan fingerprint density at radius 1 is 0.979 bits per heavy atom.